The van der Waals surface area contributed by atoms with Gasteiger partial charge in [-0.05, 0) is 31.2 Å². The number of nitrogens with zero attached hydrogens (tertiary/aromatic N) is 1. The van der Waals surface area contributed by atoms with Crippen molar-refractivity contribution >= 4 is 11.6 Å². The topological polar surface area (TPSA) is 98.3 Å². The number of carbonyl (C=O) groups is 1. The molecule has 1 amide bonds. The van der Waals surface area contributed by atoms with Crippen molar-refractivity contribution in [2.75, 3.05) is 6.54 Å². The van der Waals surface area contributed by atoms with Gasteiger partial charge in [0.25, 0.3) is 11.6 Å². The highest BCUT2D eigenvalue weighted by atomic mass is 16.6. The number of nitrogens with two attached hydrogens (primary N) is 1. The van der Waals surface area contributed by atoms with Gasteiger partial charge >= 0.3 is 0 Å². The molecule has 6 heteroatoms. The van der Waals surface area contributed by atoms with E-state index in [0.29, 0.717) is 18.0 Å². The normalized spacial score (nSPS) is 16.7. The van der Waals surface area contributed by atoms with Crippen LogP contribution in [0.1, 0.15) is 41.6 Å². The molecule has 1 aromatic carbocycles. The van der Waals surface area contributed by atoms with Crippen molar-refractivity contribution in [1.29, 1.82) is 0 Å². The lowest BCUT2D eigenvalue weighted by atomic mass is 9.97. The SMILES string of the molecule is Cc1ccc([N+](=O)[O-])cc1C(=O)NC(CN)C1CCCC1. The summed E-state index contributed by atoms with van der Waals surface area (Å²) in [6.45, 7) is 2.16. The van der Waals surface area contributed by atoms with Crippen LogP contribution < -0.4 is 11.1 Å². The van der Waals surface area contributed by atoms with E-state index in [2.05, 4.69) is 5.32 Å². The number of nitro benzene ring substituents is 1. The van der Waals surface area contributed by atoms with Crippen LogP contribution in [0.4, 0.5) is 5.69 Å². The highest BCUT2D eigenvalue weighted by Crippen LogP contribution is 2.27. The summed E-state index contributed by atoms with van der Waals surface area (Å²) in [7, 11) is 0. The molecule has 1 unspecified atom stereocenters. The summed E-state index contributed by atoms with van der Waals surface area (Å²) in [6, 6.07) is 4.27. The number of hydrogen-bond acceptors (Lipinski definition) is 4. The van der Waals surface area contributed by atoms with E-state index >= 15 is 0 Å². The van der Waals surface area contributed by atoms with Gasteiger partial charge in [-0.3, -0.25) is 14.9 Å². The van der Waals surface area contributed by atoms with Crippen LogP contribution in [0, 0.1) is 23.0 Å². The zero-order chi connectivity index (χ0) is 15.4. The van der Waals surface area contributed by atoms with Crippen LogP contribution in [0.2, 0.25) is 0 Å². The second-order valence-corrected chi connectivity index (χ2v) is 5.62. The summed E-state index contributed by atoms with van der Waals surface area (Å²) in [5.74, 6) is 0.136. The number of carbonyl (C=O) groups excluding carboxylic acids is 1. The van der Waals surface area contributed by atoms with Gasteiger partial charge in [-0.15, -0.1) is 0 Å². The van der Waals surface area contributed by atoms with E-state index in [9.17, 15) is 14.9 Å². The van der Waals surface area contributed by atoms with Crippen molar-refractivity contribution in [2.45, 2.75) is 38.6 Å². The highest BCUT2D eigenvalue weighted by molar-refractivity contribution is 5.96. The second-order valence-electron chi connectivity index (χ2n) is 5.62. The molecule has 1 aliphatic rings. The molecule has 0 saturated heterocycles. The van der Waals surface area contributed by atoms with Crippen molar-refractivity contribution in [3.63, 3.8) is 0 Å². The Balaban J connectivity index is 2.15. The number of aryl methyl sites for hydroxylation is 1. The highest BCUT2D eigenvalue weighted by Gasteiger charge is 2.26. The van der Waals surface area contributed by atoms with Gasteiger partial charge in [-0.25, -0.2) is 0 Å². The van der Waals surface area contributed by atoms with Gasteiger partial charge in [0.1, 0.15) is 0 Å². The fourth-order valence-corrected chi connectivity index (χ4v) is 2.94. The first-order valence-electron chi connectivity index (χ1n) is 7.29. The van der Waals surface area contributed by atoms with E-state index in [0.717, 1.165) is 18.4 Å². The third-order valence-corrected chi connectivity index (χ3v) is 4.22. The molecule has 1 aromatic rings. The Labute approximate surface area is 123 Å². The molecule has 21 heavy (non-hydrogen) atoms. The molecule has 3 N–H and O–H groups in total. The molecule has 0 radical (unpaired) electrons. The quantitative estimate of drug-likeness (QED) is 0.641. The summed E-state index contributed by atoms with van der Waals surface area (Å²) in [5, 5.41) is 13.8. The third-order valence-electron chi connectivity index (χ3n) is 4.22. The maximum absolute atomic E-state index is 12.4. The Hall–Kier alpha value is -1.95. The van der Waals surface area contributed by atoms with Gasteiger partial charge in [0.15, 0.2) is 0 Å². The van der Waals surface area contributed by atoms with E-state index < -0.39 is 4.92 Å². The summed E-state index contributed by atoms with van der Waals surface area (Å²) in [5.41, 5.74) is 6.77. The molecule has 2 rings (SSSR count). The fourth-order valence-electron chi connectivity index (χ4n) is 2.94. The molecular weight excluding hydrogens is 270 g/mol. The van der Waals surface area contributed by atoms with Crippen molar-refractivity contribution in [3.05, 3.63) is 39.4 Å². The summed E-state index contributed by atoms with van der Waals surface area (Å²) in [4.78, 5) is 22.7. The van der Waals surface area contributed by atoms with E-state index in [-0.39, 0.29) is 17.6 Å². The van der Waals surface area contributed by atoms with Crippen LogP contribution in [0.3, 0.4) is 0 Å². The van der Waals surface area contributed by atoms with Gasteiger partial charge in [0.2, 0.25) is 0 Å². The Bertz CT molecular complexity index is 539. The number of nitro groups is 1. The van der Waals surface area contributed by atoms with Crippen LogP contribution in [-0.2, 0) is 0 Å². The first kappa shape index (κ1) is 15.4. The van der Waals surface area contributed by atoms with Gasteiger partial charge in [0, 0.05) is 30.3 Å². The van der Waals surface area contributed by atoms with Gasteiger partial charge in [0.05, 0.1) is 4.92 Å². The lowest BCUT2D eigenvalue weighted by Crippen LogP contribution is -2.44. The minimum Gasteiger partial charge on any atom is -0.348 e. The van der Waals surface area contributed by atoms with Gasteiger partial charge < -0.3 is 11.1 Å². The summed E-state index contributed by atoms with van der Waals surface area (Å²) in [6.07, 6.45) is 4.51. The van der Waals surface area contributed by atoms with Crippen molar-refractivity contribution in [2.24, 2.45) is 11.7 Å². The molecule has 6 nitrogen and oxygen atoms in total. The number of non-ortho nitro benzene ring substituents is 1. The van der Waals surface area contributed by atoms with E-state index in [4.69, 9.17) is 5.73 Å². The first-order valence-corrected chi connectivity index (χ1v) is 7.29. The van der Waals surface area contributed by atoms with E-state index in [1.165, 1.54) is 25.0 Å². The Morgan fingerprint density at radius 1 is 1.48 bits per heavy atom. The Morgan fingerprint density at radius 2 is 2.14 bits per heavy atom. The van der Waals surface area contributed by atoms with E-state index in [1.54, 1.807) is 13.0 Å². The van der Waals surface area contributed by atoms with Crippen LogP contribution in [0.5, 0.6) is 0 Å². The molecule has 1 atom stereocenters. The number of nitrogens with one attached hydrogen (secondary N) is 1. The molecule has 1 fully saturated rings. The third kappa shape index (κ3) is 3.58. The lowest BCUT2D eigenvalue weighted by molar-refractivity contribution is -0.384. The van der Waals surface area contributed by atoms with Crippen LogP contribution in [0.25, 0.3) is 0 Å². The van der Waals surface area contributed by atoms with Crippen LogP contribution in [-0.4, -0.2) is 23.4 Å². The van der Waals surface area contributed by atoms with Crippen molar-refractivity contribution in [1.82, 2.24) is 5.32 Å². The summed E-state index contributed by atoms with van der Waals surface area (Å²) < 4.78 is 0. The van der Waals surface area contributed by atoms with E-state index in [1.807, 2.05) is 0 Å². The maximum Gasteiger partial charge on any atom is 0.270 e. The Kier molecular flexibility index (Phi) is 4.90. The number of benzene rings is 1. The molecule has 0 heterocycles. The number of amides is 1. The van der Waals surface area contributed by atoms with Crippen LogP contribution in [0.15, 0.2) is 18.2 Å². The van der Waals surface area contributed by atoms with Gasteiger partial charge in [-0.1, -0.05) is 18.9 Å². The largest absolute Gasteiger partial charge is 0.348 e. The average Bonchev–Trinajstić information content (AvgIpc) is 2.98. The standard InChI is InChI=1S/C15H21N3O3/c1-10-6-7-12(18(20)21)8-13(10)15(19)17-14(9-16)11-4-2-3-5-11/h6-8,11,14H,2-5,9,16H2,1H3,(H,17,19). The molecule has 0 aromatic heterocycles. The average molecular weight is 291 g/mol. The zero-order valence-corrected chi connectivity index (χ0v) is 12.2. The lowest BCUT2D eigenvalue weighted by Gasteiger charge is -2.23. The number of hydrogen-bond donors (Lipinski definition) is 2. The summed E-state index contributed by atoms with van der Waals surface area (Å²) >= 11 is 0. The minimum atomic E-state index is -0.492. The number of rotatable bonds is 5. The van der Waals surface area contributed by atoms with Gasteiger partial charge in [-0.2, -0.15) is 0 Å². The van der Waals surface area contributed by atoms with Crippen LogP contribution >= 0.6 is 0 Å². The van der Waals surface area contributed by atoms with Crippen molar-refractivity contribution in [3.8, 4) is 0 Å². The monoisotopic (exact) mass is 291 g/mol. The molecule has 0 aliphatic heterocycles. The molecule has 114 valence electrons. The first-order chi connectivity index (χ1) is 10.0. The maximum atomic E-state index is 12.4. The molecular formula is C15H21N3O3. The Morgan fingerprint density at radius 3 is 2.71 bits per heavy atom. The zero-order valence-electron chi connectivity index (χ0n) is 12.2. The fraction of sp³-hybridized carbons (Fsp3) is 0.533. The van der Waals surface area contributed by atoms with Crippen molar-refractivity contribution < 1.29 is 9.72 Å². The smallest absolute Gasteiger partial charge is 0.270 e. The minimum absolute atomic E-state index is 0.0568. The molecule has 0 bridgehead atoms. The second kappa shape index (κ2) is 6.67. The molecule has 0 spiro atoms. The molecule has 1 aliphatic carbocycles. The predicted molar refractivity (Wildman–Crippen MR) is 80.1 cm³/mol. The molecule has 1 saturated carbocycles. The predicted octanol–water partition coefficient (Wildman–Crippen LogP) is 2.15.